The zero-order valence-corrected chi connectivity index (χ0v) is 15.1. The van der Waals surface area contributed by atoms with E-state index in [1.165, 1.54) is 16.7 Å². The topological polar surface area (TPSA) is 32.7 Å². The van der Waals surface area contributed by atoms with Crippen molar-refractivity contribution < 1.29 is 9.84 Å². The van der Waals surface area contributed by atoms with E-state index in [0.29, 0.717) is 13.2 Å². The molecule has 3 nitrogen and oxygen atoms in total. The molecule has 0 fully saturated rings. The fraction of sp³-hybridized carbons (Fsp3) is 0.364. The molecular weight excluding hydrogens is 310 g/mol. The fourth-order valence-electron chi connectivity index (χ4n) is 3.29. The average Bonchev–Trinajstić information content (AvgIpc) is 2.62. The molecule has 0 radical (unpaired) electrons. The standard InChI is InChI=1S/C22H27NO2/c1-17-8-9-22(18(2)14-17)25-16-21(24)15-23-12-10-20(11-13-23)19-6-4-3-5-7-19/h3-10,14,21,24H,11-13,15-16H2,1-2H3. The summed E-state index contributed by atoms with van der Waals surface area (Å²) in [4.78, 5) is 2.28. The Morgan fingerprint density at radius 2 is 1.92 bits per heavy atom. The SMILES string of the molecule is Cc1ccc(OCC(O)CN2CC=C(c3ccccc3)CC2)c(C)c1. The summed E-state index contributed by atoms with van der Waals surface area (Å²) in [5, 5.41) is 10.3. The third-order valence-corrected chi connectivity index (χ3v) is 4.67. The molecule has 0 aromatic heterocycles. The number of aliphatic hydroxyl groups is 1. The van der Waals surface area contributed by atoms with Crippen molar-refractivity contribution in [2.75, 3.05) is 26.2 Å². The van der Waals surface area contributed by atoms with E-state index in [9.17, 15) is 5.11 Å². The van der Waals surface area contributed by atoms with Crippen molar-refractivity contribution in [2.24, 2.45) is 0 Å². The maximum absolute atomic E-state index is 10.3. The van der Waals surface area contributed by atoms with Crippen LogP contribution in [0.5, 0.6) is 5.75 Å². The Hall–Kier alpha value is -2.10. The molecule has 3 heteroatoms. The molecule has 2 aromatic carbocycles. The molecule has 0 saturated heterocycles. The van der Waals surface area contributed by atoms with E-state index in [1.54, 1.807) is 0 Å². The molecule has 0 bridgehead atoms. The minimum Gasteiger partial charge on any atom is -0.491 e. The molecular formula is C22H27NO2. The number of hydrogen-bond acceptors (Lipinski definition) is 3. The monoisotopic (exact) mass is 337 g/mol. The van der Waals surface area contributed by atoms with Crippen LogP contribution in [0.15, 0.2) is 54.6 Å². The lowest BCUT2D eigenvalue weighted by Gasteiger charge is -2.28. The molecule has 0 spiro atoms. The van der Waals surface area contributed by atoms with E-state index in [1.807, 2.05) is 25.1 Å². The van der Waals surface area contributed by atoms with Crippen LogP contribution in [0.1, 0.15) is 23.1 Å². The summed E-state index contributed by atoms with van der Waals surface area (Å²) >= 11 is 0. The zero-order chi connectivity index (χ0) is 17.6. The van der Waals surface area contributed by atoms with E-state index in [4.69, 9.17) is 4.74 Å². The molecule has 1 unspecified atom stereocenters. The van der Waals surface area contributed by atoms with Crippen LogP contribution in [-0.4, -0.2) is 42.4 Å². The second kappa shape index (κ2) is 8.32. The Morgan fingerprint density at radius 1 is 1.12 bits per heavy atom. The second-order valence-electron chi connectivity index (χ2n) is 6.84. The number of aliphatic hydroxyl groups excluding tert-OH is 1. The van der Waals surface area contributed by atoms with Crippen LogP contribution in [-0.2, 0) is 0 Å². The van der Waals surface area contributed by atoms with Gasteiger partial charge in [-0.1, -0.05) is 54.1 Å². The maximum Gasteiger partial charge on any atom is 0.122 e. The number of hydrogen-bond donors (Lipinski definition) is 1. The van der Waals surface area contributed by atoms with E-state index in [0.717, 1.165) is 30.8 Å². The van der Waals surface area contributed by atoms with Gasteiger partial charge in [-0.2, -0.15) is 0 Å². The first-order chi connectivity index (χ1) is 12.1. The summed E-state index contributed by atoms with van der Waals surface area (Å²) in [5.74, 6) is 0.856. The molecule has 1 aliphatic heterocycles. The molecule has 2 aromatic rings. The molecule has 1 N–H and O–H groups in total. The predicted molar refractivity (Wildman–Crippen MR) is 103 cm³/mol. The third-order valence-electron chi connectivity index (χ3n) is 4.67. The predicted octanol–water partition coefficient (Wildman–Crippen LogP) is 3.83. The van der Waals surface area contributed by atoms with Gasteiger partial charge in [0.15, 0.2) is 0 Å². The van der Waals surface area contributed by atoms with Crippen LogP contribution >= 0.6 is 0 Å². The number of benzene rings is 2. The van der Waals surface area contributed by atoms with Gasteiger partial charge in [-0.15, -0.1) is 0 Å². The average molecular weight is 337 g/mol. The van der Waals surface area contributed by atoms with Crippen LogP contribution in [0.4, 0.5) is 0 Å². The smallest absolute Gasteiger partial charge is 0.122 e. The normalized spacial score (nSPS) is 16.4. The molecule has 132 valence electrons. The highest BCUT2D eigenvalue weighted by molar-refractivity contribution is 5.66. The Kier molecular flexibility index (Phi) is 5.90. The lowest BCUT2D eigenvalue weighted by Crippen LogP contribution is -2.38. The van der Waals surface area contributed by atoms with Gasteiger partial charge in [-0.3, -0.25) is 4.90 Å². The van der Waals surface area contributed by atoms with Crippen LogP contribution < -0.4 is 4.74 Å². The number of ether oxygens (including phenoxy) is 1. The maximum atomic E-state index is 10.3. The Bertz CT molecular complexity index is 724. The molecule has 1 aliphatic rings. The van der Waals surface area contributed by atoms with E-state index >= 15 is 0 Å². The summed E-state index contributed by atoms with van der Waals surface area (Å²) < 4.78 is 5.79. The van der Waals surface area contributed by atoms with Gasteiger partial charge >= 0.3 is 0 Å². The van der Waals surface area contributed by atoms with Crippen LogP contribution in [0.25, 0.3) is 5.57 Å². The van der Waals surface area contributed by atoms with Crippen molar-refractivity contribution in [1.82, 2.24) is 4.90 Å². The van der Waals surface area contributed by atoms with Crippen molar-refractivity contribution in [3.05, 3.63) is 71.3 Å². The third kappa shape index (κ3) is 4.94. The van der Waals surface area contributed by atoms with Crippen molar-refractivity contribution >= 4 is 5.57 Å². The summed E-state index contributed by atoms with van der Waals surface area (Å²) in [6.07, 6.45) is 2.82. The lowest BCUT2D eigenvalue weighted by atomic mass is 9.99. The van der Waals surface area contributed by atoms with E-state index in [-0.39, 0.29) is 0 Å². The summed E-state index contributed by atoms with van der Waals surface area (Å²) in [6.45, 7) is 6.93. The summed E-state index contributed by atoms with van der Waals surface area (Å²) in [7, 11) is 0. The van der Waals surface area contributed by atoms with Gasteiger partial charge in [0, 0.05) is 19.6 Å². The van der Waals surface area contributed by atoms with Crippen molar-refractivity contribution in [3.8, 4) is 5.75 Å². The van der Waals surface area contributed by atoms with Crippen LogP contribution in [0, 0.1) is 13.8 Å². The van der Waals surface area contributed by atoms with Gasteiger partial charge < -0.3 is 9.84 Å². The van der Waals surface area contributed by atoms with Crippen molar-refractivity contribution in [2.45, 2.75) is 26.4 Å². The molecule has 1 atom stereocenters. The molecule has 0 saturated carbocycles. The first-order valence-electron chi connectivity index (χ1n) is 8.97. The number of β-amino-alcohol motifs (C(OH)–C–C–N with tert-alkyl or cyclic N) is 1. The Balaban J connectivity index is 1.47. The molecule has 1 heterocycles. The molecule has 0 amide bonds. The second-order valence-corrected chi connectivity index (χ2v) is 6.84. The first-order valence-corrected chi connectivity index (χ1v) is 8.97. The lowest BCUT2D eigenvalue weighted by molar-refractivity contribution is 0.0714. The quantitative estimate of drug-likeness (QED) is 0.869. The van der Waals surface area contributed by atoms with Gasteiger partial charge in [0.05, 0.1) is 0 Å². The van der Waals surface area contributed by atoms with Gasteiger partial charge in [-0.05, 0) is 43.0 Å². The summed E-state index contributed by atoms with van der Waals surface area (Å²) in [5.41, 5.74) is 5.04. The Labute approximate surface area is 150 Å². The van der Waals surface area contributed by atoms with Crippen molar-refractivity contribution in [1.29, 1.82) is 0 Å². The van der Waals surface area contributed by atoms with Gasteiger partial charge in [0.1, 0.15) is 18.5 Å². The highest BCUT2D eigenvalue weighted by atomic mass is 16.5. The number of nitrogens with zero attached hydrogens (tertiary/aromatic N) is 1. The molecule has 3 rings (SSSR count). The fourth-order valence-corrected chi connectivity index (χ4v) is 3.29. The minimum absolute atomic E-state index is 0.329. The van der Waals surface area contributed by atoms with E-state index < -0.39 is 6.10 Å². The molecule has 0 aliphatic carbocycles. The number of aryl methyl sites for hydroxylation is 2. The van der Waals surface area contributed by atoms with Crippen LogP contribution in [0.3, 0.4) is 0 Å². The van der Waals surface area contributed by atoms with Crippen molar-refractivity contribution in [3.63, 3.8) is 0 Å². The number of rotatable bonds is 6. The molecule has 25 heavy (non-hydrogen) atoms. The van der Waals surface area contributed by atoms with Gasteiger partial charge in [0.25, 0.3) is 0 Å². The zero-order valence-electron chi connectivity index (χ0n) is 15.1. The van der Waals surface area contributed by atoms with Gasteiger partial charge in [-0.25, -0.2) is 0 Å². The highest BCUT2D eigenvalue weighted by Gasteiger charge is 2.16. The Morgan fingerprint density at radius 3 is 2.60 bits per heavy atom. The van der Waals surface area contributed by atoms with E-state index in [2.05, 4.69) is 48.2 Å². The largest absolute Gasteiger partial charge is 0.491 e. The van der Waals surface area contributed by atoms with Crippen LogP contribution in [0.2, 0.25) is 0 Å². The minimum atomic E-state index is -0.479. The first kappa shape index (κ1) is 17.7. The van der Waals surface area contributed by atoms with Gasteiger partial charge in [0.2, 0.25) is 0 Å². The summed E-state index contributed by atoms with van der Waals surface area (Å²) in [6, 6.07) is 16.6. The highest BCUT2D eigenvalue weighted by Crippen LogP contribution is 2.22.